The third-order valence-electron chi connectivity index (χ3n) is 5.17. The summed E-state index contributed by atoms with van der Waals surface area (Å²) >= 11 is 0. The molecule has 3 aromatic carbocycles. The lowest BCUT2D eigenvalue weighted by Gasteiger charge is -2.19. The second-order valence-electron chi connectivity index (χ2n) is 7.40. The number of esters is 1. The van der Waals surface area contributed by atoms with Crippen molar-refractivity contribution >= 4 is 27.5 Å². The molecule has 0 N–H and O–H groups in total. The summed E-state index contributed by atoms with van der Waals surface area (Å²) in [5.41, 5.74) is 1.86. The van der Waals surface area contributed by atoms with E-state index in [2.05, 4.69) is 0 Å². The van der Waals surface area contributed by atoms with Crippen molar-refractivity contribution in [2.45, 2.75) is 11.8 Å². The zero-order valence-corrected chi connectivity index (χ0v) is 18.8. The van der Waals surface area contributed by atoms with Gasteiger partial charge in [0.1, 0.15) is 0 Å². The maximum Gasteiger partial charge on any atom is 0.338 e. The molecule has 0 atom stereocenters. The van der Waals surface area contributed by atoms with Gasteiger partial charge in [0.15, 0.2) is 23.9 Å². The van der Waals surface area contributed by atoms with Gasteiger partial charge in [0.2, 0.25) is 6.79 Å². The number of carbonyl (C=O) groups is 2. The van der Waals surface area contributed by atoms with Crippen LogP contribution in [-0.2, 0) is 14.8 Å². The molecule has 0 fully saturated rings. The Kier molecular flexibility index (Phi) is 6.06. The van der Waals surface area contributed by atoms with Gasteiger partial charge in [0, 0.05) is 12.6 Å². The lowest BCUT2D eigenvalue weighted by molar-refractivity contribution is 0.0474. The predicted molar refractivity (Wildman–Crippen MR) is 120 cm³/mol. The topological polar surface area (TPSA) is 99.2 Å². The molecule has 0 aliphatic carbocycles. The average Bonchev–Trinajstić information content (AvgIpc) is 3.30. The van der Waals surface area contributed by atoms with Gasteiger partial charge in [0.25, 0.3) is 10.0 Å². The fraction of sp³-hybridized carbons (Fsp3) is 0.167. The van der Waals surface area contributed by atoms with Crippen molar-refractivity contribution in [1.29, 1.82) is 0 Å². The molecule has 9 heteroatoms. The second-order valence-corrected chi connectivity index (χ2v) is 9.37. The fourth-order valence-electron chi connectivity index (χ4n) is 3.18. The first kappa shape index (κ1) is 22.3. The standard InChI is InChI=1S/C24H21NO7S/c1-16-3-10-20(11-4-16)33(28,29)25(2)19-8-5-17(6-9-19)24(27)30-14-21(26)18-7-12-22-23(13-18)32-15-31-22/h3-13H,14-15H2,1-2H3. The van der Waals surface area contributed by atoms with Crippen LogP contribution >= 0.6 is 0 Å². The highest BCUT2D eigenvalue weighted by Crippen LogP contribution is 2.32. The van der Waals surface area contributed by atoms with Crippen molar-refractivity contribution < 1.29 is 32.2 Å². The molecule has 0 radical (unpaired) electrons. The number of ether oxygens (including phenoxy) is 3. The SMILES string of the molecule is Cc1ccc(S(=O)(=O)N(C)c2ccc(C(=O)OCC(=O)c3ccc4c(c3)OCO4)cc2)cc1. The van der Waals surface area contributed by atoms with Crippen LogP contribution in [0.25, 0.3) is 0 Å². The predicted octanol–water partition coefficient (Wildman–Crippen LogP) is 3.59. The molecule has 33 heavy (non-hydrogen) atoms. The maximum absolute atomic E-state index is 12.8. The Labute approximate surface area is 191 Å². The largest absolute Gasteiger partial charge is 0.454 e. The molecular weight excluding hydrogens is 446 g/mol. The van der Waals surface area contributed by atoms with Crippen molar-refractivity contribution in [3.63, 3.8) is 0 Å². The Morgan fingerprint density at radius 2 is 1.55 bits per heavy atom. The van der Waals surface area contributed by atoms with E-state index in [-0.39, 0.29) is 23.0 Å². The van der Waals surface area contributed by atoms with Crippen LogP contribution in [0.4, 0.5) is 5.69 Å². The number of Topliss-reactive ketones (excluding diaryl/α,β-unsaturated/α-hetero) is 1. The molecule has 1 aliphatic rings. The molecule has 1 heterocycles. The first-order valence-electron chi connectivity index (χ1n) is 10.0. The van der Waals surface area contributed by atoms with Crippen molar-refractivity contribution in [3.8, 4) is 11.5 Å². The Morgan fingerprint density at radius 3 is 2.24 bits per heavy atom. The van der Waals surface area contributed by atoms with Gasteiger partial charge in [-0.1, -0.05) is 17.7 Å². The van der Waals surface area contributed by atoms with Crippen LogP contribution in [-0.4, -0.2) is 40.6 Å². The van der Waals surface area contributed by atoms with Gasteiger partial charge in [-0.3, -0.25) is 9.10 Å². The minimum Gasteiger partial charge on any atom is -0.454 e. The molecule has 0 bridgehead atoms. The minimum atomic E-state index is -3.75. The number of nitrogens with zero attached hydrogens (tertiary/aromatic N) is 1. The Hall–Kier alpha value is -3.85. The van der Waals surface area contributed by atoms with Crippen LogP contribution in [0.1, 0.15) is 26.3 Å². The Morgan fingerprint density at radius 1 is 0.909 bits per heavy atom. The normalized spacial score (nSPS) is 12.3. The molecule has 0 unspecified atom stereocenters. The average molecular weight is 467 g/mol. The number of carbonyl (C=O) groups excluding carboxylic acids is 2. The highest BCUT2D eigenvalue weighted by Gasteiger charge is 2.22. The molecule has 1 aliphatic heterocycles. The molecule has 4 rings (SSSR count). The van der Waals surface area contributed by atoms with Gasteiger partial charge in [-0.15, -0.1) is 0 Å². The first-order chi connectivity index (χ1) is 15.8. The van der Waals surface area contributed by atoms with E-state index in [1.165, 1.54) is 37.4 Å². The summed E-state index contributed by atoms with van der Waals surface area (Å²) in [5, 5.41) is 0. The van der Waals surface area contributed by atoms with E-state index in [4.69, 9.17) is 14.2 Å². The summed E-state index contributed by atoms with van der Waals surface area (Å²) in [7, 11) is -2.31. The lowest BCUT2D eigenvalue weighted by Crippen LogP contribution is -2.26. The first-order valence-corrected chi connectivity index (χ1v) is 11.5. The monoisotopic (exact) mass is 467 g/mol. The Balaban J connectivity index is 1.39. The van der Waals surface area contributed by atoms with Crippen molar-refractivity contribution in [2.75, 3.05) is 24.8 Å². The molecule has 0 amide bonds. The number of fused-ring (bicyclic) bond motifs is 1. The van der Waals surface area contributed by atoms with Crippen LogP contribution in [0.2, 0.25) is 0 Å². The van der Waals surface area contributed by atoms with Gasteiger partial charge in [-0.25, -0.2) is 13.2 Å². The maximum atomic E-state index is 12.8. The summed E-state index contributed by atoms with van der Waals surface area (Å²) in [6.45, 7) is 1.53. The number of hydrogen-bond acceptors (Lipinski definition) is 7. The fourth-order valence-corrected chi connectivity index (χ4v) is 4.38. The third kappa shape index (κ3) is 4.68. The van der Waals surface area contributed by atoms with Gasteiger partial charge in [0.05, 0.1) is 16.1 Å². The van der Waals surface area contributed by atoms with Gasteiger partial charge < -0.3 is 14.2 Å². The number of ketones is 1. The summed E-state index contributed by atoms with van der Waals surface area (Å²) in [4.78, 5) is 24.9. The molecule has 0 saturated heterocycles. The Bertz CT molecular complexity index is 1300. The smallest absolute Gasteiger partial charge is 0.338 e. The van der Waals surface area contributed by atoms with Gasteiger partial charge in [-0.2, -0.15) is 0 Å². The number of anilines is 1. The summed E-state index contributed by atoms with van der Waals surface area (Å²) in [5.74, 6) is -0.0626. The summed E-state index contributed by atoms with van der Waals surface area (Å²) in [6, 6.07) is 17.2. The van der Waals surface area contributed by atoms with E-state index in [9.17, 15) is 18.0 Å². The van der Waals surface area contributed by atoms with Crippen LogP contribution < -0.4 is 13.8 Å². The zero-order valence-electron chi connectivity index (χ0n) is 18.0. The lowest BCUT2D eigenvalue weighted by atomic mass is 10.1. The molecular formula is C24H21NO7S. The number of hydrogen-bond donors (Lipinski definition) is 0. The van der Waals surface area contributed by atoms with Crippen LogP contribution in [0.15, 0.2) is 71.6 Å². The number of benzene rings is 3. The highest BCUT2D eigenvalue weighted by atomic mass is 32.2. The van der Waals surface area contributed by atoms with E-state index in [1.54, 1.807) is 36.4 Å². The van der Waals surface area contributed by atoms with E-state index in [0.29, 0.717) is 22.7 Å². The number of aryl methyl sites for hydroxylation is 1. The van der Waals surface area contributed by atoms with E-state index >= 15 is 0 Å². The van der Waals surface area contributed by atoms with E-state index in [0.717, 1.165) is 9.87 Å². The molecule has 0 saturated carbocycles. The molecule has 0 aromatic heterocycles. The zero-order chi connectivity index (χ0) is 23.6. The number of sulfonamides is 1. The molecule has 3 aromatic rings. The molecule has 170 valence electrons. The molecule has 8 nitrogen and oxygen atoms in total. The third-order valence-corrected chi connectivity index (χ3v) is 6.97. The highest BCUT2D eigenvalue weighted by molar-refractivity contribution is 7.92. The quantitative estimate of drug-likeness (QED) is 0.387. The van der Waals surface area contributed by atoms with Crippen molar-refractivity contribution in [3.05, 3.63) is 83.4 Å². The second kappa shape index (κ2) is 8.95. The number of rotatable bonds is 7. The van der Waals surface area contributed by atoms with Crippen LogP contribution in [0.3, 0.4) is 0 Å². The van der Waals surface area contributed by atoms with E-state index < -0.39 is 22.6 Å². The van der Waals surface area contributed by atoms with Crippen LogP contribution in [0.5, 0.6) is 11.5 Å². The van der Waals surface area contributed by atoms with Crippen molar-refractivity contribution in [2.24, 2.45) is 0 Å². The van der Waals surface area contributed by atoms with Gasteiger partial charge >= 0.3 is 5.97 Å². The van der Waals surface area contributed by atoms with Gasteiger partial charge in [-0.05, 0) is 61.5 Å². The summed E-state index contributed by atoms with van der Waals surface area (Å²) in [6.07, 6.45) is 0. The van der Waals surface area contributed by atoms with Crippen LogP contribution in [0, 0.1) is 6.92 Å². The summed E-state index contributed by atoms with van der Waals surface area (Å²) < 4.78 is 42.4. The molecule has 0 spiro atoms. The van der Waals surface area contributed by atoms with E-state index in [1.807, 2.05) is 6.92 Å². The minimum absolute atomic E-state index is 0.0967. The van der Waals surface area contributed by atoms with Crippen molar-refractivity contribution in [1.82, 2.24) is 0 Å².